The lowest BCUT2D eigenvalue weighted by atomic mass is 10.0. The van der Waals surface area contributed by atoms with Crippen molar-refractivity contribution in [2.75, 3.05) is 6.54 Å². The Labute approximate surface area is 276 Å². The topological polar surface area (TPSA) is 248 Å². The fourth-order valence-electron chi connectivity index (χ4n) is 4.18. The van der Waals surface area contributed by atoms with Crippen LogP contribution in [0.4, 0.5) is 4.39 Å². The first-order valence-electron chi connectivity index (χ1n) is 14.6. The standard InChI is InChI=1S/C31H35FN6O6.C2H4O2/c1-18(37-29(42)24(33)15-20-9-13-23(39)14-10-20)28(41)36-17-26(40)38(31(44)27(35)21-5-3-2-4-6-21)30(43)25(34)16-19-7-11-22(32)12-8-19;1-2(3)4/h2-14,18,24-25,27,39H,15-17,33-35H2,1H3,(H,36,41)(H,37,42);1H3,(H,3,4)/t18-,24+,25+,27+;/m1./s1. The van der Waals surface area contributed by atoms with Gasteiger partial charge in [0.15, 0.2) is 0 Å². The normalized spacial score (nSPS) is 13.0. The van der Waals surface area contributed by atoms with E-state index in [9.17, 15) is 33.5 Å². The Kier molecular flexibility index (Phi) is 15.0. The highest BCUT2D eigenvalue weighted by Gasteiger charge is 2.36. The monoisotopic (exact) mass is 666 g/mol. The van der Waals surface area contributed by atoms with Gasteiger partial charge < -0.3 is 38.0 Å². The van der Waals surface area contributed by atoms with Gasteiger partial charge in [0.25, 0.3) is 23.7 Å². The summed E-state index contributed by atoms with van der Waals surface area (Å²) in [5.74, 6) is -5.91. The molecule has 10 N–H and O–H groups in total. The fourth-order valence-corrected chi connectivity index (χ4v) is 4.18. The third-order valence-electron chi connectivity index (χ3n) is 6.70. The van der Waals surface area contributed by atoms with Gasteiger partial charge in [-0.05, 0) is 60.7 Å². The van der Waals surface area contributed by atoms with Crippen LogP contribution in [0, 0.1) is 5.82 Å². The summed E-state index contributed by atoms with van der Waals surface area (Å²) >= 11 is 0. The van der Waals surface area contributed by atoms with E-state index in [-0.39, 0.29) is 18.6 Å². The van der Waals surface area contributed by atoms with Crippen molar-refractivity contribution in [3.8, 4) is 5.75 Å². The van der Waals surface area contributed by atoms with Gasteiger partial charge in [0.2, 0.25) is 11.8 Å². The number of phenols is 1. The number of aliphatic carboxylic acids is 1. The van der Waals surface area contributed by atoms with Crippen LogP contribution in [-0.4, -0.2) is 75.3 Å². The average molecular weight is 667 g/mol. The molecule has 3 aromatic carbocycles. The highest BCUT2D eigenvalue weighted by molar-refractivity contribution is 6.14. The number of aromatic hydroxyl groups is 1. The lowest BCUT2D eigenvalue weighted by Gasteiger charge is -2.26. The largest absolute Gasteiger partial charge is 0.508 e. The number of halogens is 1. The number of nitrogens with two attached hydrogens (primary N) is 3. The van der Waals surface area contributed by atoms with E-state index in [0.717, 1.165) is 6.92 Å². The number of carboxylic acids is 1. The molecule has 0 aromatic heterocycles. The zero-order valence-corrected chi connectivity index (χ0v) is 26.3. The number of hydrogen-bond donors (Lipinski definition) is 7. The maximum absolute atomic E-state index is 13.4. The fraction of sp³-hybridized carbons (Fsp3) is 0.273. The third-order valence-corrected chi connectivity index (χ3v) is 6.70. The minimum Gasteiger partial charge on any atom is -0.508 e. The van der Waals surface area contributed by atoms with E-state index in [1.165, 1.54) is 43.3 Å². The van der Waals surface area contributed by atoms with E-state index in [2.05, 4.69) is 10.6 Å². The van der Waals surface area contributed by atoms with E-state index in [1.54, 1.807) is 42.5 Å². The molecule has 0 radical (unpaired) electrons. The van der Waals surface area contributed by atoms with Crippen molar-refractivity contribution < 1.29 is 43.4 Å². The molecule has 5 amide bonds. The van der Waals surface area contributed by atoms with Crippen molar-refractivity contribution in [1.29, 1.82) is 0 Å². The molecule has 0 saturated heterocycles. The van der Waals surface area contributed by atoms with Gasteiger partial charge in [-0.3, -0.25) is 28.8 Å². The second kappa shape index (κ2) is 18.6. The number of rotatable bonds is 12. The van der Waals surface area contributed by atoms with Crippen LogP contribution in [-0.2, 0) is 41.6 Å². The Morgan fingerprint density at radius 2 is 1.27 bits per heavy atom. The van der Waals surface area contributed by atoms with Gasteiger partial charge >= 0.3 is 0 Å². The molecular weight excluding hydrogens is 627 g/mol. The van der Waals surface area contributed by atoms with Crippen LogP contribution in [0.15, 0.2) is 78.9 Å². The van der Waals surface area contributed by atoms with Gasteiger partial charge in [0.1, 0.15) is 23.7 Å². The number of nitrogens with zero attached hydrogens (tertiary/aromatic N) is 1. The molecule has 0 spiro atoms. The highest BCUT2D eigenvalue weighted by Crippen LogP contribution is 2.15. The summed E-state index contributed by atoms with van der Waals surface area (Å²) in [7, 11) is 0. The Morgan fingerprint density at radius 1 is 0.771 bits per heavy atom. The lowest BCUT2D eigenvalue weighted by molar-refractivity contribution is -0.155. The number of hydrogen-bond acceptors (Lipinski definition) is 10. The van der Waals surface area contributed by atoms with E-state index in [4.69, 9.17) is 27.1 Å². The number of phenolic OH excluding ortho intramolecular Hbond substituents is 1. The smallest absolute Gasteiger partial charge is 0.300 e. The van der Waals surface area contributed by atoms with Crippen LogP contribution in [0.25, 0.3) is 0 Å². The Hall–Kier alpha value is -5.51. The second-order valence-corrected chi connectivity index (χ2v) is 10.7. The van der Waals surface area contributed by atoms with Crippen molar-refractivity contribution in [2.24, 2.45) is 17.2 Å². The lowest BCUT2D eigenvalue weighted by Crippen LogP contribution is -2.56. The molecule has 14 nitrogen and oxygen atoms in total. The predicted molar refractivity (Wildman–Crippen MR) is 172 cm³/mol. The molecule has 0 fully saturated rings. The minimum atomic E-state index is -1.40. The van der Waals surface area contributed by atoms with Crippen molar-refractivity contribution in [1.82, 2.24) is 15.5 Å². The molecule has 3 aromatic rings. The molecule has 0 heterocycles. The quantitative estimate of drug-likeness (QED) is 0.138. The first kappa shape index (κ1) is 38.7. The van der Waals surface area contributed by atoms with Crippen molar-refractivity contribution in [3.63, 3.8) is 0 Å². The van der Waals surface area contributed by atoms with Crippen molar-refractivity contribution >= 4 is 35.5 Å². The summed E-state index contributed by atoms with van der Waals surface area (Å²) in [6.45, 7) is 1.66. The first-order valence-corrected chi connectivity index (χ1v) is 14.6. The van der Waals surface area contributed by atoms with Crippen LogP contribution in [0.2, 0.25) is 0 Å². The SMILES string of the molecule is CC(=O)O.C[C@@H](NC(=O)[C@@H](N)Cc1ccc(O)cc1)C(=O)NCC(=O)N(C(=O)[C@@H](N)c1ccccc1)C(=O)[C@@H](N)Cc1ccc(F)cc1. The molecule has 0 aliphatic carbocycles. The number of amides is 5. The molecule has 256 valence electrons. The zero-order valence-electron chi connectivity index (χ0n) is 26.3. The summed E-state index contributed by atoms with van der Waals surface area (Å²) in [5, 5.41) is 21.6. The van der Waals surface area contributed by atoms with Crippen LogP contribution in [0.5, 0.6) is 5.75 Å². The third kappa shape index (κ3) is 12.4. The number of carboxylic acid groups (broad SMARTS) is 1. The Bertz CT molecular complexity index is 1570. The van der Waals surface area contributed by atoms with Gasteiger partial charge in [-0.15, -0.1) is 0 Å². The van der Waals surface area contributed by atoms with E-state index in [0.29, 0.717) is 21.6 Å². The summed E-state index contributed by atoms with van der Waals surface area (Å²) in [6, 6.07) is 14.4. The van der Waals surface area contributed by atoms with E-state index in [1.807, 2.05) is 0 Å². The summed E-state index contributed by atoms with van der Waals surface area (Å²) in [4.78, 5) is 74.5. The number of carbonyl (C=O) groups excluding carboxylic acids is 5. The maximum Gasteiger partial charge on any atom is 0.300 e. The van der Waals surface area contributed by atoms with Crippen molar-refractivity contribution in [3.05, 3.63) is 101 Å². The molecule has 15 heteroatoms. The molecule has 0 aliphatic heterocycles. The van der Waals surface area contributed by atoms with Crippen LogP contribution < -0.4 is 27.8 Å². The Morgan fingerprint density at radius 3 is 1.81 bits per heavy atom. The number of carbonyl (C=O) groups is 6. The summed E-state index contributed by atoms with van der Waals surface area (Å²) in [5.41, 5.74) is 19.6. The van der Waals surface area contributed by atoms with Gasteiger partial charge in [0, 0.05) is 6.92 Å². The molecule has 0 unspecified atom stereocenters. The first-order chi connectivity index (χ1) is 22.6. The highest BCUT2D eigenvalue weighted by atomic mass is 19.1. The van der Waals surface area contributed by atoms with Crippen LogP contribution in [0.3, 0.4) is 0 Å². The predicted octanol–water partition coefficient (Wildman–Crippen LogP) is 0.265. The summed E-state index contributed by atoms with van der Waals surface area (Å²) in [6.07, 6.45) is 0.0224. The van der Waals surface area contributed by atoms with E-state index >= 15 is 0 Å². The molecule has 0 aliphatic rings. The summed E-state index contributed by atoms with van der Waals surface area (Å²) < 4.78 is 13.3. The van der Waals surface area contributed by atoms with E-state index < -0.39 is 72.0 Å². The number of imide groups is 3. The number of benzene rings is 3. The average Bonchev–Trinajstić information content (AvgIpc) is 3.05. The molecule has 0 saturated carbocycles. The molecule has 48 heavy (non-hydrogen) atoms. The van der Waals surface area contributed by atoms with Crippen LogP contribution in [0.1, 0.15) is 36.6 Å². The zero-order chi connectivity index (χ0) is 36.0. The van der Waals surface area contributed by atoms with Crippen LogP contribution >= 0.6 is 0 Å². The second-order valence-electron chi connectivity index (χ2n) is 10.7. The minimum absolute atomic E-state index is 0.0606. The maximum atomic E-state index is 13.4. The van der Waals surface area contributed by atoms with Gasteiger partial charge in [-0.1, -0.05) is 54.6 Å². The Balaban J connectivity index is 0.00000189. The van der Waals surface area contributed by atoms with Crippen molar-refractivity contribution in [2.45, 2.75) is 50.9 Å². The molecule has 3 rings (SSSR count). The molecule has 0 bridgehead atoms. The van der Waals surface area contributed by atoms with Gasteiger partial charge in [0.05, 0.1) is 18.6 Å². The molecule has 4 atom stereocenters. The van der Waals surface area contributed by atoms with Gasteiger partial charge in [-0.25, -0.2) is 9.29 Å². The molecular formula is C33H39FN6O8. The van der Waals surface area contributed by atoms with Gasteiger partial charge in [-0.2, -0.15) is 0 Å². The number of nitrogens with one attached hydrogen (secondary N) is 2.